The van der Waals surface area contributed by atoms with Gasteiger partial charge in [0.2, 0.25) is 5.91 Å². The quantitative estimate of drug-likeness (QED) is 0.729. The lowest BCUT2D eigenvalue weighted by atomic mass is 10.1. The molecule has 0 unspecified atom stereocenters. The Hall–Kier alpha value is -1.93. The molecular weight excluding hydrogens is 410 g/mol. The number of rotatable bonds is 6. The highest BCUT2D eigenvalue weighted by Crippen LogP contribution is 2.27. The standard InChI is InChI=1S/C21H24ClN3O3.H2S/c22-16-1-3-17(4-2-16)25-9-7-24(8-10-25)13-18(26)14-28-19-5-6-20-15(11-19)12-21(27)23-20;/h1-6,11,18,26H,7-10,12-14H2,(H,23,27);1H2/t18-;/m0./s1. The molecule has 1 fully saturated rings. The molecule has 2 heterocycles. The van der Waals surface area contributed by atoms with Crippen LogP contribution in [-0.4, -0.2) is 61.3 Å². The first-order valence-electron chi connectivity index (χ1n) is 9.53. The second-order valence-corrected chi connectivity index (χ2v) is 7.71. The van der Waals surface area contributed by atoms with Crippen molar-refractivity contribution in [2.75, 3.05) is 49.5 Å². The Morgan fingerprint density at radius 3 is 2.55 bits per heavy atom. The monoisotopic (exact) mass is 435 g/mol. The zero-order chi connectivity index (χ0) is 19.5. The minimum Gasteiger partial charge on any atom is -0.491 e. The summed E-state index contributed by atoms with van der Waals surface area (Å²) in [5, 5.41) is 13.9. The van der Waals surface area contributed by atoms with Crippen molar-refractivity contribution in [3.63, 3.8) is 0 Å². The molecule has 2 aliphatic heterocycles. The van der Waals surface area contributed by atoms with E-state index in [0.717, 1.165) is 42.5 Å². The normalized spacial score (nSPS) is 17.3. The molecule has 0 radical (unpaired) electrons. The van der Waals surface area contributed by atoms with Crippen LogP contribution in [0.4, 0.5) is 11.4 Å². The Kier molecular flexibility index (Phi) is 7.29. The molecule has 0 spiro atoms. The number of amides is 1. The third kappa shape index (κ3) is 5.57. The van der Waals surface area contributed by atoms with Crippen molar-refractivity contribution >= 4 is 42.4 Å². The van der Waals surface area contributed by atoms with Gasteiger partial charge in [-0.2, -0.15) is 13.5 Å². The number of hydrogen-bond acceptors (Lipinski definition) is 5. The molecule has 2 aromatic rings. The van der Waals surface area contributed by atoms with Crippen molar-refractivity contribution in [2.24, 2.45) is 0 Å². The number of anilines is 2. The number of halogens is 1. The van der Waals surface area contributed by atoms with Crippen molar-refractivity contribution in [1.82, 2.24) is 4.90 Å². The van der Waals surface area contributed by atoms with Crippen LogP contribution in [0.3, 0.4) is 0 Å². The van der Waals surface area contributed by atoms with Crippen LogP contribution < -0.4 is 15.0 Å². The van der Waals surface area contributed by atoms with Crippen LogP contribution >= 0.6 is 25.1 Å². The molecular formula is C21H26ClN3O3S. The second kappa shape index (κ2) is 9.71. The molecule has 2 aliphatic rings. The number of piperazine rings is 1. The Morgan fingerprint density at radius 2 is 1.83 bits per heavy atom. The number of nitrogens with zero attached hydrogens (tertiary/aromatic N) is 2. The lowest BCUT2D eigenvalue weighted by Crippen LogP contribution is -2.49. The first-order valence-corrected chi connectivity index (χ1v) is 9.91. The number of aliphatic hydroxyl groups is 1. The number of aliphatic hydroxyl groups excluding tert-OH is 1. The first-order chi connectivity index (χ1) is 13.6. The van der Waals surface area contributed by atoms with E-state index in [1.54, 1.807) is 0 Å². The Labute approximate surface area is 182 Å². The predicted molar refractivity (Wildman–Crippen MR) is 121 cm³/mol. The number of carbonyl (C=O) groups excluding carboxylic acids is 1. The van der Waals surface area contributed by atoms with Crippen molar-refractivity contribution in [3.8, 4) is 5.75 Å². The molecule has 6 nitrogen and oxygen atoms in total. The van der Waals surface area contributed by atoms with E-state index in [0.29, 0.717) is 18.7 Å². The molecule has 0 bridgehead atoms. The lowest BCUT2D eigenvalue weighted by molar-refractivity contribution is -0.115. The molecule has 2 aromatic carbocycles. The molecule has 8 heteroatoms. The van der Waals surface area contributed by atoms with Gasteiger partial charge in [0.1, 0.15) is 18.5 Å². The predicted octanol–water partition coefficient (Wildman–Crippen LogP) is 2.51. The summed E-state index contributed by atoms with van der Waals surface area (Å²) in [4.78, 5) is 16.0. The van der Waals surface area contributed by atoms with E-state index in [2.05, 4.69) is 15.1 Å². The summed E-state index contributed by atoms with van der Waals surface area (Å²) in [6.45, 7) is 4.44. The average molecular weight is 436 g/mol. The van der Waals surface area contributed by atoms with Crippen LogP contribution in [0.15, 0.2) is 42.5 Å². The molecule has 0 saturated carbocycles. The number of nitrogens with one attached hydrogen (secondary N) is 1. The van der Waals surface area contributed by atoms with E-state index in [-0.39, 0.29) is 26.0 Å². The van der Waals surface area contributed by atoms with Gasteiger partial charge in [0.05, 0.1) is 6.42 Å². The third-order valence-electron chi connectivity index (χ3n) is 5.18. The second-order valence-electron chi connectivity index (χ2n) is 7.27. The number of carbonyl (C=O) groups is 1. The SMILES string of the molecule is O=C1Cc2cc(OC[C@@H](O)CN3CCN(c4ccc(Cl)cc4)CC3)ccc2N1.S. The summed E-state index contributed by atoms with van der Waals surface area (Å²) in [6.07, 6.45) is -0.178. The highest BCUT2D eigenvalue weighted by atomic mass is 35.5. The molecule has 1 amide bonds. The molecule has 1 saturated heterocycles. The van der Waals surface area contributed by atoms with E-state index in [9.17, 15) is 9.90 Å². The van der Waals surface area contributed by atoms with Gasteiger partial charge in [-0.25, -0.2) is 0 Å². The minimum absolute atomic E-state index is 0. The van der Waals surface area contributed by atoms with Gasteiger partial charge in [0.25, 0.3) is 0 Å². The molecule has 0 aromatic heterocycles. The maximum absolute atomic E-state index is 11.4. The van der Waals surface area contributed by atoms with Gasteiger partial charge >= 0.3 is 0 Å². The molecule has 156 valence electrons. The number of fused-ring (bicyclic) bond motifs is 1. The largest absolute Gasteiger partial charge is 0.491 e. The van der Waals surface area contributed by atoms with Crippen LogP contribution in [0.2, 0.25) is 5.02 Å². The number of ether oxygens (including phenoxy) is 1. The Morgan fingerprint density at radius 1 is 1.10 bits per heavy atom. The highest BCUT2D eigenvalue weighted by Gasteiger charge is 2.21. The van der Waals surface area contributed by atoms with Gasteiger partial charge in [0.15, 0.2) is 0 Å². The van der Waals surface area contributed by atoms with Crippen LogP contribution in [-0.2, 0) is 11.2 Å². The summed E-state index contributed by atoms with van der Waals surface area (Å²) in [6, 6.07) is 13.4. The van der Waals surface area contributed by atoms with Gasteiger partial charge in [0, 0.05) is 49.1 Å². The van der Waals surface area contributed by atoms with Crippen LogP contribution in [0.1, 0.15) is 5.56 Å². The molecule has 4 rings (SSSR count). The fourth-order valence-corrected chi connectivity index (χ4v) is 3.81. The first kappa shape index (κ1) is 21.8. The van der Waals surface area contributed by atoms with Gasteiger partial charge < -0.3 is 20.1 Å². The smallest absolute Gasteiger partial charge is 0.228 e. The van der Waals surface area contributed by atoms with Crippen LogP contribution in [0.25, 0.3) is 0 Å². The van der Waals surface area contributed by atoms with E-state index in [4.69, 9.17) is 16.3 Å². The number of hydrogen-bond donors (Lipinski definition) is 2. The molecule has 1 atom stereocenters. The van der Waals surface area contributed by atoms with Gasteiger partial charge in [-0.3, -0.25) is 9.69 Å². The van der Waals surface area contributed by atoms with Crippen LogP contribution in [0, 0.1) is 0 Å². The lowest BCUT2D eigenvalue weighted by Gasteiger charge is -2.36. The maximum atomic E-state index is 11.4. The zero-order valence-corrected chi connectivity index (χ0v) is 17.9. The number of β-amino-alcohol motifs (C(OH)–C–C–N with tert-alkyl or cyclic N) is 1. The van der Waals surface area contributed by atoms with E-state index in [1.165, 1.54) is 5.69 Å². The average Bonchev–Trinajstić information content (AvgIpc) is 3.07. The third-order valence-corrected chi connectivity index (χ3v) is 5.43. The molecule has 0 aliphatic carbocycles. The fraction of sp³-hybridized carbons (Fsp3) is 0.381. The van der Waals surface area contributed by atoms with Crippen molar-refractivity contribution in [2.45, 2.75) is 12.5 Å². The summed E-state index contributed by atoms with van der Waals surface area (Å²) >= 11 is 5.95. The summed E-state index contributed by atoms with van der Waals surface area (Å²) in [5.41, 5.74) is 2.96. The molecule has 29 heavy (non-hydrogen) atoms. The Bertz CT molecular complexity index is 842. The molecule has 2 N–H and O–H groups in total. The Balaban J connectivity index is 0.00000240. The highest BCUT2D eigenvalue weighted by molar-refractivity contribution is 7.59. The van der Waals surface area contributed by atoms with Gasteiger partial charge in [-0.1, -0.05) is 11.6 Å². The fourth-order valence-electron chi connectivity index (χ4n) is 3.68. The zero-order valence-electron chi connectivity index (χ0n) is 16.1. The summed E-state index contributed by atoms with van der Waals surface area (Å²) in [7, 11) is 0. The van der Waals surface area contributed by atoms with Gasteiger partial charge in [-0.15, -0.1) is 0 Å². The maximum Gasteiger partial charge on any atom is 0.228 e. The van der Waals surface area contributed by atoms with Crippen molar-refractivity contribution < 1.29 is 14.6 Å². The van der Waals surface area contributed by atoms with E-state index >= 15 is 0 Å². The van der Waals surface area contributed by atoms with E-state index < -0.39 is 6.10 Å². The summed E-state index contributed by atoms with van der Waals surface area (Å²) < 4.78 is 5.73. The van der Waals surface area contributed by atoms with E-state index in [1.807, 2.05) is 42.5 Å². The summed E-state index contributed by atoms with van der Waals surface area (Å²) in [5.74, 6) is 0.687. The van der Waals surface area contributed by atoms with Gasteiger partial charge in [-0.05, 0) is 48.0 Å². The topological polar surface area (TPSA) is 65.0 Å². The number of benzene rings is 2. The minimum atomic E-state index is -0.560. The van der Waals surface area contributed by atoms with Crippen molar-refractivity contribution in [3.05, 3.63) is 53.1 Å². The van der Waals surface area contributed by atoms with Crippen molar-refractivity contribution in [1.29, 1.82) is 0 Å². The van der Waals surface area contributed by atoms with Crippen LogP contribution in [0.5, 0.6) is 5.75 Å².